The van der Waals surface area contributed by atoms with Gasteiger partial charge in [-0.2, -0.15) is 0 Å². The first-order valence-electron chi connectivity index (χ1n) is 5.59. The summed E-state index contributed by atoms with van der Waals surface area (Å²) in [6, 6.07) is 5.24. The predicted molar refractivity (Wildman–Crippen MR) is 65.9 cm³/mol. The van der Waals surface area contributed by atoms with Crippen LogP contribution >= 0.6 is 0 Å². The van der Waals surface area contributed by atoms with E-state index in [1.54, 1.807) is 25.1 Å². The Morgan fingerprint density at radius 2 is 2.39 bits per heavy atom. The van der Waals surface area contributed by atoms with Gasteiger partial charge in [0, 0.05) is 12.2 Å². The third-order valence-corrected chi connectivity index (χ3v) is 2.65. The summed E-state index contributed by atoms with van der Waals surface area (Å²) in [5.74, 6) is -0.908. The van der Waals surface area contributed by atoms with Gasteiger partial charge >= 0.3 is 5.97 Å². The summed E-state index contributed by atoms with van der Waals surface area (Å²) < 4.78 is 5.22. The summed E-state index contributed by atoms with van der Waals surface area (Å²) in [7, 11) is 0. The van der Waals surface area contributed by atoms with Crippen molar-refractivity contribution in [3.8, 4) is 5.75 Å². The zero-order valence-electron chi connectivity index (χ0n) is 9.90. The third kappa shape index (κ3) is 2.71. The second-order valence-corrected chi connectivity index (χ2v) is 4.17. The first kappa shape index (κ1) is 12.2. The lowest BCUT2D eigenvalue weighted by molar-refractivity contribution is -0.140. The van der Waals surface area contributed by atoms with E-state index in [0.29, 0.717) is 18.0 Å². The SMILES string of the molecule is CC(CNc1ccc2c(c1)NC(=O)CO2)C(=O)O. The number of hydrogen-bond donors (Lipinski definition) is 3. The van der Waals surface area contributed by atoms with Gasteiger partial charge in [0.2, 0.25) is 0 Å². The summed E-state index contributed by atoms with van der Waals surface area (Å²) in [5.41, 5.74) is 1.34. The van der Waals surface area contributed by atoms with Crippen molar-refractivity contribution < 1.29 is 19.4 Å². The molecule has 1 heterocycles. The Bertz CT molecular complexity index is 487. The topological polar surface area (TPSA) is 87.7 Å². The standard InChI is InChI=1S/C12H14N2O4/c1-7(12(16)17)5-13-8-2-3-10-9(4-8)14-11(15)6-18-10/h2-4,7,13H,5-6H2,1H3,(H,14,15)(H,16,17). The minimum Gasteiger partial charge on any atom is -0.482 e. The zero-order valence-corrected chi connectivity index (χ0v) is 9.90. The predicted octanol–water partition coefficient (Wildman–Crippen LogP) is 1.15. The van der Waals surface area contributed by atoms with Crippen LogP contribution in [0.25, 0.3) is 0 Å². The maximum absolute atomic E-state index is 11.2. The molecule has 2 rings (SSSR count). The van der Waals surface area contributed by atoms with Gasteiger partial charge in [0.25, 0.3) is 5.91 Å². The number of fused-ring (bicyclic) bond motifs is 1. The molecule has 6 nitrogen and oxygen atoms in total. The molecule has 1 atom stereocenters. The number of carbonyl (C=O) groups excluding carboxylic acids is 1. The van der Waals surface area contributed by atoms with Crippen molar-refractivity contribution in [3.05, 3.63) is 18.2 Å². The number of nitrogens with one attached hydrogen (secondary N) is 2. The molecule has 0 fully saturated rings. The molecule has 1 aliphatic heterocycles. The van der Waals surface area contributed by atoms with Crippen molar-refractivity contribution in [1.82, 2.24) is 0 Å². The van der Waals surface area contributed by atoms with Crippen molar-refractivity contribution >= 4 is 23.3 Å². The Morgan fingerprint density at radius 1 is 1.61 bits per heavy atom. The first-order valence-corrected chi connectivity index (χ1v) is 5.59. The number of carboxylic acid groups (broad SMARTS) is 1. The van der Waals surface area contributed by atoms with E-state index >= 15 is 0 Å². The van der Waals surface area contributed by atoms with Gasteiger partial charge in [-0.15, -0.1) is 0 Å². The van der Waals surface area contributed by atoms with E-state index in [-0.39, 0.29) is 12.5 Å². The number of ether oxygens (including phenoxy) is 1. The van der Waals surface area contributed by atoms with Gasteiger partial charge in [-0.05, 0) is 18.2 Å². The zero-order chi connectivity index (χ0) is 13.1. The summed E-state index contributed by atoms with van der Waals surface area (Å²) in [6.07, 6.45) is 0. The van der Waals surface area contributed by atoms with Crippen molar-refractivity contribution in [1.29, 1.82) is 0 Å². The Balaban J connectivity index is 2.04. The Hall–Kier alpha value is -2.24. The van der Waals surface area contributed by atoms with E-state index < -0.39 is 11.9 Å². The van der Waals surface area contributed by atoms with Gasteiger partial charge in [0.1, 0.15) is 5.75 Å². The minimum absolute atomic E-state index is 0.0236. The monoisotopic (exact) mass is 250 g/mol. The molecule has 6 heteroatoms. The fourth-order valence-corrected chi connectivity index (χ4v) is 1.55. The number of benzene rings is 1. The molecule has 0 bridgehead atoms. The molecule has 0 saturated carbocycles. The maximum Gasteiger partial charge on any atom is 0.308 e. The molecule has 0 spiro atoms. The van der Waals surface area contributed by atoms with Crippen LogP contribution < -0.4 is 15.4 Å². The van der Waals surface area contributed by atoms with Crippen molar-refractivity contribution in [2.75, 3.05) is 23.8 Å². The molecular formula is C12H14N2O4. The summed E-state index contributed by atoms with van der Waals surface area (Å²) in [5, 5.41) is 14.5. The van der Waals surface area contributed by atoms with Crippen LogP contribution in [0.5, 0.6) is 5.75 Å². The largest absolute Gasteiger partial charge is 0.482 e. The minimum atomic E-state index is -0.850. The highest BCUT2D eigenvalue weighted by Gasteiger charge is 2.16. The number of amides is 1. The molecule has 0 aliphatic carbocycles. The molecule has 0 saturated heterocycles. The molecule has 1 aliphatic rings. The maximum atomic E-state index is 11.2. The number of carbonyl (C=O) groups is 2. The summed E-state index contributed by atoms with van der Waals surface area (Å²) in [6.45, 7) is 1.97. The van der Waals surface area contributed by atoms with E-state index in [2.05, 4.69) is 10.6 Å². The molecule has 0 radical (unpaired) electrons. The number of hydrogen-bond acceptors (Lipinski definition) is 4. The number of carboxylic acids is 1. The van der Waals surface area contributed by atoms with Crippen molar-refractivity contribution in [2.45, 2.75) is 6.92 Å². The Kier molecular flexibility index (Phi) is 3.36. The smallest absolute Gasteiger partial charge is 0.308 e. The van der Waals surface area contributed by atoms with Crippen LogP contribution in [0.4, 0.5) is 11.4 Å². The first-order chi connectivity index (χ1) is 8.56. The Labute approximate surface area is 104 Å². The van der Waals surface area contributed by atoms with Crippen LogP contribution in [-0.2, 0) is 9.59 Å². The van der Waals surface area contributed by atoms with E-state index in [4.69, 9.17) is 9.84 Å². The van der Waals surface area contributed by atoms with Crippen LogP contribution in [0.3, 0.4) is 0 Å². The summed E-state index contributed by atoms with van der Waals surface area (Å²) >= 11 is 0. The second-order valence-electron chi connectivity index (χ2n) is 4.17. The van der Waals surface area contributed by atoms with Crippen LogP contribution in [0.2, 0.25) is 0 Å². The number of rotatable bonds is 4. The molecule has 0 aromatic heterocycles. The second kappa shape index (κ2) is 4.95. The molecule has 1 aromatic carbocycles. The van der Waals surface area contributed by atoms with E-state index in [1.807, 2.05) is 0 Å². The highest BCUT2D eigenvalue weighted by Crippen LogP contribution is 2.30. The third-order valence-electron chi connectivity index (χ3n) is 2.65. The average molecular weight is 250 g/mol. The normalized spacial score (nSPS) is 15.1. The van der Waals surface area contributed by atoms with Crippen LogP contribution in [-0.4, -0.2) is 30.1 Å². The molecule has 1 unspecified atom stereocenters. The molecule has 1 amide bonds. The summed E-state index contributed by atoms with van der Waals surface area (Å²) in [4.78, 5) is 21.8. The molecule has 3 N–H and O–H groups in total. The number of aliphatic carboxylic acids is 1. The molecule has 1 aromatic rings. The lowest BCUT2D eigenvalue weighted by atomic mass is 10.1. The van der Waals surface area contributed by atoms with Crippen LogP contribution in [0.15, 0.2) is 18.2 Å². The molecular weight excluding hydrogens is 236 g/mol. The average Bonchev–Trinajstić information content (AvgIpc) is 2.35. The quantitative estimate of drug-likeness (QED) is 0.746. The van der Waals surface area contributed by atoms with E-state index in [9.17, 15) is 9.59 Å². The fourth-order valence-electron chi connectivity index (χ4n) is 1.55. The van der Waals surface area contributed by atoms with Gasteiger partial charge in [-0.25, -0.2) is 0 Å². The van der Waals surface area contributed by atoms with Gasteiger partial charge in [-0.3, -0.25) is 9.59 Å². The van der Waals surface area contributed by atoms with Gasteiger partial charge in [0.05, 0.1) is 11.6 Å². The number of anilines is 2. The van der Waals surface area contributed by atoms with Crippen LogP contribution in [0.1, 0.15) is 6.92 Å². The van der Waals surface area contributed by atoms with E-state index in [1.165, 1.54) is 0 Å². The highest BCUT2D eigenvalue weighted by atomic mass is 16.5. The van der Waals surface area contributed by atoms with Crippen LogP contribution in [0, 0.1) is 5.92 Å². The Morgan fingerprint density at radius 3 is 3.11 bits per heavy atom. The van der Waals surface area contributed by atoms with Gasteiger partial charge in [-0.1, -0.05) is 6.92 Å². The van der Waals surface area contributed by atoms with Gasteiger partial charge in [0.15, 0.2) is 6.61 Å². The van der Waals surface area contributed by atoms with Crippen molar-refractivity contribution in [3.63, 3.8) is 0 Å². The lowest BCUT2D eigenvalue weighted by Crippen LogP contribution is -2.25. The van der Waals surface area contributed by atoms with Gasteiger partial charge < -0.3 is 20.5 Å². The lowest BCUT2D eigenvalue weighted by Gasteiger charge is -2.19. The molecule has 18 heavy (non-hydrogen) atoms. The van der Waals surface area contributed by atoms with Crippen molar-refractivity contribution in [2.24, 2.45) is 5.92 Å². The fraction of sp³-hybridized carbons (Fsp3) is 0.333. The van der Waals surface area contributed by atoms with E-state index in [0.717, 1.165) is 5.69 Å². The highest BCUT2D eigenvalue weighted by molar-refractivity contribution is 5.96. The molecule has 96 valence electrons.